The van der Waals surface area contributed by atoms with Gasteiger partial charge in [-0.2, -0.15) is 5.48 Å². The van der Waals surface area contributed by atoms with Crippen LogP contribution in [0.5, 0.6) is 0 Å². The fourth-order valence-corrected chi connectivity index (χ4v) is 2.42. The van der Waals surface area contributed by atoms with Gasteiger partial charge in [0.15, 0.2) is 0 Å². The highest BCUT2D eigenvalue weighted by Gasteiger charge is 2.13. The molecule has 2 atom stereocenters. The first kappa shape index (κ1) is 18.4. The van der Waals surface area contributed by atoms with Gasteiger partial charge in [-0.25, -0.2) is 0 Å². The van der Waals surface area contributed by atoms with E-state index in [1.807, 2.05) is 42.5 Å². The minimum Gasteiger partial charge on any atom is -0.375 e. The smallest absolute Gasteiger partial charge is 0.104 e. The Hall–Kier alpha value is -1.94. The van der Waals surface area contributed by atoms with E-state index in [1.165, 1.54) is 5.56 Å². The first-order valence-electron chi connectivity index (χ1n) is 8.53. The van der Waals surface area contributed by atoms with Gasteiger partial charge in [0, 0.05) is 0 Å². The first-order chi connectivity index (χ1) is 11.8. The highest BCUT2D eigenvalue weighted by molar-refractivity contribution is 5.17. The standard InChI is InChI=1S/C21H27NO2/c1-3-11-21(19-14-9-6-10-15-19)24-22-20(4-2)17-23-16-18-12-7-5-8-13-18/h4-10,12-15,20-22H,2-3,11,16-17H2,1H3/t20-,21-/m0/s1. The summed E-state index contributed by atoms with van der Waals surface area (Å²) >= 11 is 0. The zero-order valence-electron chi connectivity index (χ0n) is 14.4. The predicted octanol–water partition coefficient (Wildman–Crippen LogP) is 4.82. The van der Waals surface area contributed by atoms with E-state index < -0.39 is 0 Å². The third-order valence-corrected chi connectivity index (χ3v) is 3.78. The number of benzene rings is 2. The van der Waals surface area contributed by atoms with E-state index in [-0.39, 0.29) is 12.1 Å². The van der Waals surface area contributed by atoms with Crippen molar-refractivity contribution in [1.29, 1.82) is 0 Å². The Morgan fingerprint density at radius 2 is 1.71 bits per heavy atom. The molecule has 3 heteroatoms. The Kier molecular flexibility index (Phi) is 8.25. The summed E-state index contributed by atoms with van der Waals surface area (Å²) in [6.45, 7) is 7.13. The topological polar surface area (TPSA) is 30.5 Å². The van der Waals surface area contributed by atoms with Crippen molar-refractivity contribution in [2.45, 2.75) is 38.5 Å². The summed E-state index contributed by atoms with van der Waals surface area (Å²) in [6, 6.07) is 20.4. The predicted molar refractivity (Wildman–Crippen MR) is 98.4 cm³/mol. The van der Waals surface area contributed by atoms with Crippen LogP contribution in [0.25, 0.3) is 0 Å². The van der Waals surface area contributed by atoms with Crippen molar-refractivity contribution in [3.8, 4) is 0 Å². The Bertz CT molecular complexity index is 571. The van der Waals surface area contributed by atoms with Crippen LogP contribution in [0, 0.1) is 0 Å². The van der Waals surface area contributed by atoms with Gasteiger partial charge in [-0.05, 0) is 17.5 Å². The van der Waals surface area contributed by atoms with Crippen LogP contribution in [0.2, 0.25) is 0 Å². The number of ether oxygens (including phenoxy) is 1. The molecule has 0 saturated carbocycles. The van der Waals surface area contributed by atoms with Crippen molar-refractivity contribution in [3.05, 3.63) is 84.4 Å². The van der Waals surface area contributed by atoms with E-state index in [9.17, 15) is 0 Å². The van der Waals surface area contributed by atoms with Gasteiger partial charge in [-0.15, -0.1) is 6.58 Å². The number of nitrogens with one attached hydrogen (secondary N) is 1. The van der Waals surface area contributed by atoms with Gasteiger partial charge < -0.3 is 4.74 Å². The Balaban J connectivity index is 1.79. The molecule has 0 bridgehead atoms. The highest BCUT2D eigenvalue weighted by atomic mass is 16.7. The van der Waals surface area contributed by atoms with E-state index >= 15 is 0 Å². The lowest BCUT2D eigenvalue weighted by Gasteiger charge is -2.21. The van der Waals surface area contributed by atoms with Crippen LogP contribution in [0.4, 0.5) is 0 Å². The van der Waals surface area contributed by atoms with Crippen LogP contribution in [0.1, 0.15) is 37.0 Å². The summed E-state index contributed by atoms with van der Waals surface area (Å²) in [5.41, 5.74) is 5.44. The highest BCUT2D eigenvalue weighted by Crippen LogP contribution is 2.21. The van der Waals surface area contributed by atoms with Crippen LogP contribution < -0.4 is 5.48 Å². The quantitative estimate of drug-likeness (QED) is 0.474. The number of rotatable bonds is 11. The molecule has 0 amide bonds. The normalized spacial score (nSPS) is 13.4. The maximum atomic E-state index is 5.92. The molecule has 0 aromatic heterocycles. The van der Waals surface area contributed by atoms with Crippen LogP contribution in [-0.4, -0.2) is 12.6 Å². The summed E-state index contributed by atoms with van der Waals surface area (Å²) in [4.78, 5) is 5.92. The third kappa shape index (κ3) is 6.28. The van der Waals surface area contributed by atoms with Crippen LogP contribution in [-0.2, 0) is 16.2 Å². The van der Waals surface area contributed by atoms with E-state index in [2.05, 4.69) is 43.2 Å². The minimum atomic E-state index is -0.0446. The largest absolute Gasteiger partial charge is 0.375 e. The zero-order valence-corrected chi connectivity index (χ0v) is 14.4. The summed E-state index contributed by atoms with van der Waals surface area (Å²) in [7, 11) is 0. The molecule has 2 aromatic carbocycles. The Morgan fingerprint density at radius 1 is 1.04 bits per heavy atom. The average molecular weight is 325 g/mol. The number of hydrogen-bond donors (Lipinski definition) is 1. The maximum absolute atomic E-state index is 5.92. The Labute approximate surface area is 145 Å². The summed E-state index contributed by atoms with van der Waals surface area (Å²) in [6.07, 6.45) is 3.88. The number of hydroxylamine groups is 1. The van der Waals surface area contributed by atoms with Crippen molar-refractivity contribution >= 4 is 0 Å². The van der Waals surface area contributed by atoms with Gasteiger partial charge in [0.25, 0.3) is 0 Å². The van der Waals surface area contributed by atoms with Gasteiger partial charge >= 0.3 is 0 Å². The van der Waals surface area contributed by atoms with Crippen molar-refractivity contribution in [2.75, 3.05) is 6.61 Å². The molecule has 0 unspecified atom stereocenters. The molecule has 0 spiro atoms. The van der Waals surface area contributed by atoms with Crippen molar-refractivity contribution in [2.24, 2.45) is 0 Å². The minimum absolute atomic E-state index is 0.0350. The molecule has 0 saturated heterocycles. The molecule has 0 aliphatic carbocycles. The summed E-state index contributed by atoms with van der Waals surface area (Å²) < 4.78 is 5.76. The molecule has 2 rings (SSSR count). The lowest BCUT2D eigenvalue weighted by atomic mass is 10.1. The fraction of sp³-hybridized carbons (Fsp3) is 0.333. The molecule has 128 valence electrons. The first-order valence-corrected chi connectivity index (χ1v) is 8.53. The van der Waals surface area contributed by atoms with Gasteiger partial charge in [-0.1, -0.05) is 80.1 Å². The molecular formula is C21H27NO2. The average Bonchev–Trinajstić information content (AvgIpc) is 2.65. The lowest BCUT2D eigenvalue weighted by molar-refractivity contribution is -0.0567. The van der Waals surface area contributed by atoms with Crippen molar-refractivity contribution in [1.82, 2.24) is 5.48 Å². The third-order valence-electron chi connectivity index (χ3n) is 3.78. The molecule has 1 N–H and O–H groups in total. The molecule has 3 nitrogen and oxygen atoms in total. The summed E-state index contributed by atoms with van der Waals surface area (Å²) in [5.74, 6) is 0. The molecule has 0 aliphatic heterocycles. The second-order valence-electron chi connectivity index (χ2n) is 5.77. The fourth-order valence-electron chi connectivity index (χ4n) is 2.42. The van der Waals surface area contributed by atoms with E-state index in [0.717, 1.165) is 18.4 Å². The number of hydrogen-bond acceptors (Lipinski definition) is 3. The van der Waals surface area contributed by atoms with E-state index in [4.69, 9.17) is 9.57 Å². The SMILES string of the molecule is C=C[C@@H](COCc1ccccc1)NO[C@@H](CCC)c1ccccc1. The summed E-state index contributed by atoms with van der Waals surface area (Å²) in [5, 5.41) is 0. The van der Waals surface area contributed by atoms with Crippen LogP contribution >= 0.6 is 0 Å². The second kappa shape index (κ2) is 10.8. The monoisotopic (exact) mass is 325 g/mol. The van der Waals surface area contributed by atoms with E-state index in [0.29, 0.717) is 13.2 Å². The molecule has 0 heterocycles. The van der Waals surface area contributed by atoms with Gasteiger partial charge in [0.05, 0.1) is 19.3 Å². The molecule has 24 heavy (non-hydrogen) atoms. The van der Waals surface area contributed by atoms with Crippen LogP contribution in [0.3, 0.4) is 0 Å². The lowest BCUT2D eigenvalue weighted by Crippen LogP contribution is -2.33. The van der Waals surface area contributed by atoms with E-state index in [1.54, 1.807) is 0 Å². The van der Waals surface area contributed by atoms with Gasteiger partial charge in [-0.3, -0.25) is 4.84 Å². The molecule has 2 aromatic rings. The van der Waals surface area contributed by atoms with Crippen molar-refractivity contribution < 1.29 is 9.57 Å². The molecule has 0 fully saturated rings. The van der Waals surface area contributed by atoms with Crippen molar-refractivity contribution in [3.63, 3.8) is 0 Å². The zero-order chi connectivity index (χ0) is 17.0. The second-order valence-corrected chi connectivity index (χ2v) is 5.77. The molecular weight excluding hydrogens is 298 g/mol. The van der Waals surface area contributed by atoms with Crippen LogP contribution in [0.15, 0.2) is 73.3 Å². The molecule has 0 aliphatic rings. The van der Waals surface area contributed by atoms with Gasteiger partial charge in [0.1, 0.15) is 6.10 Å². The maximum Gasteiger partial charge on any atom is 0.104 e. The van der Waals surface area contributed by atoms with Gasteiger partial charge in [0.2, 0.25) is 0 Å². The molecule has 0 radical (unpaired) electrons. The Morgan fingerprint density at radius 3 is 2.33 bits per heavy atom.